The van der Waals surface area contributed by atoms with Crippen molar-refractivity contribution in [2.45, 2.75) is 20.4 Å². The number of hydrogen-bond acceptors (Lipinski definition) is 2. The Labute approximate surface area is 99.9 Å². The van der Waals surface area contributed by atoms with Crippen molar-refractivity contribution in [3.63, 3.8) is 0 Å². The molecule has 0 spiro atoms. The summed E-state index contributed by atoms with van der Waals surface area (Å²) in [7, 11) is 0. The second kappa shape index (κ2) is 4.58. The number of hydrogen-bond donors (Lipinski definition) is 2. The number of rotatable bonds is 3. The average Bonchev–Trinajstić information content (AvgIpc) is 2.78. The smallest absolute Gasteiger partial charge is 0.0922 e. The summed E-state index contributed by atoms with van der Waals surface area (Å²) >= 11 is 6.25. The molecule has 84 valence electrons. The Bertz CT molecular complexity index is 477. The number of halogens is 1. The number of anilines is 1. The normalized spacial score (nSPS) is 10.4. The second-order valence-corrected chi connectivity index (χ2v) is 4.18. The molecule has 0 aliphatic carbocycles. The minimum absolute atomic E-state index is 0.697. The van der Waals surface area contributed by atoms with E-state index in [0.717, 1.165) is 22.0 Å². The Morgan fingerprint density at radius 3 is 2.88 bits per heavy atom. The lowest BCUT2D eigenvalue weighted by molar-refractivity contribution is 1.07. The Balaban J connectivity index is 2.13. The summed E-state index contributed by atoms with van der Waals surface area (Å²) in [6.45, 7) is 4.78. The number of benzene rings is 1. The van der Waals surface area contributed by atoms with Crippen molar-refractivity contribution < 1.29 is 0 Å². The van der Waals surface area contributed by atoms with Gasteiger partial charge in [0.2, 0.25) is 0 Å². The van der Waals surface area contributed by atoms with Gasteiger partial charge in [0.25, 0.3) is 0 Å². The third-order valence-electron chi connectivity index (χ3n) is 2.68. The molecule has 1 aromatic carbocycles. The van der Waals surface area contributed by atoms with Gasteiger partial charge in [-0.25, -0.2) is 4.98 Å². The van der Waals surface area contributed by atoms with Crippen molar-refractivity contribution in [3.05, 3.63) is 46.5 Å². The molecule has 0 amide bonds. The molecule has 0 radical (unpaired) electrons. The lowest BCUT2D eigenvalue weighted by atomic mass is 10.1. The lowest BCUT2D eigenvalue weighted by Crippen LogP contribution is -2.01. The fourth-order valence-electron chi connectivity index (χ4n) is 1.49. The molecule has 0 aliphatic heterocycles. The van der Waals surface area contributed by atoms with Crippen LogP contribution >= 0.6 is 11.6 Å². The highest BCUT2D eigenvalue weighted by Gasteiger charge is 2.05. The first-order valence-corrected chi connectivity index (χ1v) is 5.53. The minimum atomic E-state index is 0.697. The summed E-state index contributed by atoms with van der Waals surface area (Å²) in [6.07, 6.45) is 3.46. The summed E-state index contributed by atoms with van der Waals surface area (Å²) in [4.78, 5) is 7.00. The van der Waals surface area contributed by atoms with Crippen LogP contribution < -0.4 is 5.32 Å². The minimum Gasteiger partial charge on any atom is -0.378 e. The number of nitrogens with one attached hydrogen (secondary N) is 2. The van der Waals surface area contributed by atoms with Gasteiger partial charge >= 0.3 is 0 Å². The number of nitrogens with zero attached hydrogens (tertiary/aromatic N) is 1. The van der Waals surface area contributed by atoms with Crippen molar-refractivity contribution in [3.8, 4) is 0 Å². The van der Waals surface area contributed by atoms with E-state index in [1.54, 1.807) is 12.5 Å². The third kappa shape index (κ3) is 2.19. The number of H-pyrrole nitrogens is 1. The highest BCUT2D eigenvalue weighted by Crippen LogP contribution is 2.27. The monoisotopic (exact) mass is 235 g/mol. The van der Waals surface area contributed by atoms with Crippen LogP contribution in [0.4, 0.5) is 5.69 Å². The fraction of sp³-hybridized carbons (Fsp3) is 0.250. The maximum atomic E-state index is 6.25. The topological polar surface area (TPSA) is 40.7 Å². The van der Waals surface area contributed by atoms with Crippen molar-refractivity contribution in [2.24, 2.45) is 0 Å². The fourth-order valence-corrected chi connectivity index (χ4v) is 1.77. The molecule has 0 unspecified atom stereocenters. The van der Waals surface area contributed by atoms with Crippen LogP contribution in [0.3, 0.4) is 0 Å². The van der Waals surface area contributed by atoms with E-state index in [1.807, 2.05) is 13.0 Å². The predicted molar refractivity (Wildman–Crippen MR) is 66.8 cm³/mol. The van der Waals surface area contributed by atoms with E-state index in [9.17, 15) is 0 Å². The molecule has 4 heteroatoms. The van der Waals surface area contributed by atoms with Crippen LogP contribution in [0.25, 0.3) is 0 Å². The predicted octanol–water partition coefficient (Wildman–Crippen LogP) is 3.29. The maximum absolute atomic E-state index is 6.25. The maximum Gasteiger partial charge on any atom is 0.0922 e. The summed E-state index contributed by atoms with van der Waals surface area (Å²) in [6, 6.07) is 4.07. The van der Waals surface area contributed by atoms with Crippen molar-refractivity contribution in [2.75, 3.05) is 5.32 Å². The molecule has 1 heterocycles. The van der Waals surface area contributed by atoms with E-state index < -0.39 is 0 Å². The summed E-state index contributed by atoms with van der Waals surface area (Å²) < 4.78 is 0. The van der Waals surface area contributed by atoms with Crippen molar-refractivity contribution in [1.29, 1.82) is 0 Å². The van der Waals surface area contributed by atoms with E-state index in [1.165, 1.54) is 5.56 Å². The number of aromatic nitrogens is 2. The van der Waals surface area contributed by atoms with Crippen LogP contribution in [0.1, 0.15) is 16.8 Å². The zero-order valence-electron chi connectivity index (χ0n) is 9.34. The molecule has 2 N–H and O–H groups in total. The van der Waals surface area contributed by atoms with Gasteiger partial charge in [-0.05, 0) is 31.0 Å². The van der Waals surface area contributed by atoms with E-state index >= 15 is 0 Å². The first-order valence-electron chi connectivity index (χ1n) is 5.15. The molecule has 0 saturated heterocycles. The van der Waals surface area contributed by atoms with E-state index in [0.29, 0.717) is 6.54 Å². The highest BCUT2D eigenvalue weighted by molar-refractivity contribution is 6.34. The van der Waals surface area contributed by atoms with Gasteiger partial charge in [-0.15, -0.1) is 0 Å². The zero-order valence-corrected chi connectivity index (χ0v) is 10.1. The van der Waals surface area contributed by atoms with Crippen LogP contribution in [0.15, 0.2) is 24.7 Å². The van der Waals surface area contributed by atoms with Gasteiger partial charge in [-0.2, -0.15) is 0 Å². The number of imidazole rings is 1. The molecule has 0 saturated carbocycles. The molecule has 16 heavy (non-hydrogen) atoms. The molecule has 1 aromatic heterocycles. The van der Waals surface area contributed by atoms with Crippen LogP contribution in [-0.4, -0.2) is 9.97 Å². The van der Waals surface area contributed by atoms with E-state index in [2.05, 4.69) is 28.3 Å². The van der Waals surface area contributed by atoms with Gasteiger partial charge in [0.15, 0.2) is 0 Å². The van der Waals surface area contributed by atoms with Gasteiger partial charge < -0.3 is 10.3 Å². The lowest BCUT2D eigenvalue weighted by Gasteiger charge is -2.11. The molecule has 0 aliphatic rings. The van der Waals surface area contributed by atoms with Crippen molar-refractivity contribution in [1.82, 2.24) is 9.97 Å². The van der Waals surface area contributed by atoms with E-state index in [-0.39, 0.29) is 0 Å². The Hall–Kier alpha value is -1.48. The van der Waals surface area contributed by atoms with Crippen molar-refractivity contribution >= 4 is 17.3 Å². The van der Waals surface area contributed by atoms with Crippen LogP contribution in [0.5, 0.6) is 0 Å². The average molecular weight is 236 g/mol. The van der Waals surface area contributed by atoms with E-state index in [4.69, 9.17) is 11.6 Å². The number of aryl methyl sites for hydroxylation is 1. The molecular weight excluding hydrogens is 222 g/mol. The van der Waals surface area contributed by atoms with Crippen LogP contribution in [0, 0.1) is 13.8 Å². The summed E-state index contributed by atoms with van der Waals surface area (Å²) in [5.74, 6) is 0. The second-order valence-electron chi connectivity index (χ2n) is 3.80. The zero-order chi connectivity index (χ0) is 11.5. The van der Waals surface area contributed by atoms with Gasteiger partial charge in [-0.1, -0.05) is 17.7 Å². The van der Waals surface area contributed by atoms with Crippen LogP contribution in [0.2, 0.25) is 5.02 Å². The van der Waals surface area contributed by atoms with Crippen LogP contribution in [-0.2, 0) is 6.54 Å². The Kier molecular flexibility index (Phi) is 3.15. The first kappa shape index (κ1) is 11.0. The standard InChI is InChI=1S/C12H14ClN3/c1-8-3-4-11(12(13)9(8)2)15-6-10-5-14-7-16-10/h3-5,7,15H,6H2,1-2H3,(H,14,16). The summed E-state index contributed by atoms with van der Waals surface area (Å²) in [5.41, 5.74) is 4.32. The Morgan fingerprint density at radius 1 is 1.38 bits per heavy atom. The SMILES string of the molecule is Cc1ccc(NCc2cnc[nH]2)c(Cl)c1C. The molecule has 0 atom stereocenters. The first-order chi connectivity index (χ1) is 7.68. The van der Waals surface area contributed by atoms with Gasteiger partial charge in [0.05, 0.1) is 29.3 Å². The largest absolute Gasteiger partial charge is 0.378 e. The number of aromatic amines is 1. The molecule has 0 fully saturated rings. The third-order valence-corrected chi connectivity index (χ3v) is 3.17. The molecule has 2 aromatic rings. The molecule has 0 bridgehead atoms. The Morgan fingerprint density at radius 2 is 2.19 bits per heavy atom. The van der Waals surface area contributed by atoms with Gasteiger partial charge in [0, 0.05) is 6.20 Å². The summed E-state index contributed by atoms with van der Waals surface area (Å²) in [5, 5.41) is 4.07. The molecular formula is C12H14ClN3. The molecule has 2 rings (SSSR count). The molecule has 3 nitrogen and oxygen atoms in total. The van der Waals surface area contributed by atoms with Gasteiger partial charge in [-0.3, -0.25) is 0 Å². The highest BCUT2D eigenvalue weighted by atomic mass is 35.5. The quantitative estimate of drug-likeness (QED) is 0.857. The van der Waals surface area contributed by atoms with Gasteiger partial charge in [0.1, 0.15) is 0 Å².